The summed E-state index contributed by atoms with van der Waals surface area (Å²) in [4.78, 5) is 11.3. The fourth-order valence-corrected chi connectivity index (χ4v) is 2.46. The monoisotopic (exact) mass is 286 g/mol. The fourth-order valence-electron chi connectivity index (χ4n) is 1.39. The Labute approximate surface area is 112 Å². The number of nitrogens with one attached hydrogen (secondary N) is 2. The first-order chi connectivity index (χ1) is 8.62. The number of amides is 1. The van der Waals surface area contributed by atoms with E-state index in [1.165, 1.54) is 24.3 Å². The Morgan fingerprint density at radius 3 is 2.37 bits per heavy atom. The van der Waals surface area contributed by atoms with Crippen molar-refractivity contribution < 1.29 is 18.3 Å². The topological polar surface area (TPSA) is 95.5 Å². The van der Waals surface area contributed by atoms with E-state index >= 15 is 0 Å². The van der Waals surface area contributed by atoms with Crippen LogP contribution >= 0.6 is 0 Å². The van der Waals surface area contributed by atoms with Crippen LogP contribution in [0.4, 0.5) is 0 Å². The fraction of sp³-hybridized carbons (Fsp3) is 0.417. The van der Waals surface area contributed by atoms with Crippen molar-refractivity contribution in [1.82, 2.24) is 10.0 Å². The highest BCUT2D eigenvalue weighted by molar-refractivity contribution is 7.89. The molecule has 6 nitrogen and oxygen atoms in total. The van der Waals surface area contributed by atoms with Crippen molar-refractivity contribution >= 4 is 15.9 Å². The number of benzene rings is 1. The van der Waals surface area contributed by atoms with E-state index in [1.807, 2.05) is 0 Å². The number of phenols is 1. The zero-order chi connectivity index (χ0) is 14.7. The Bertz CT molecular complexity index is 561. The highest BCUT2D eigenvalue weighted by Gasteiger charge is 2.20. The summed E-state index contributed by atoms with van der Waals surface area (Å²) in [5.74, 6) is -0.794. The number of sulfonamides is 1. The molecular formula is C12H18N2O4S. The first-order valence-corrected chi connectivity index (χ1v) is 7.19. The molecule has 0 radical (unpaired) electrons. The number of hydrogen-bond donors (Lipinski definition) is 3. The van der Waals surface area contributed by atoms with E-state index in [0.717, 1.165) is 0 Å². The second-order valence-electron chi connectivity index (χ2n) is 5.09. The molecule has 19 heavy (non-hydrogen) atoms. The molecule has 106 valence electrons. The van der Waals surface area contributed by atoms with Gasteiger partial charge in [-0.15, -0.1) is 0 Å². The molecule has 1 aromatic carbocycles. The molecule has 1 rings (SSSR count). The molecule has 0 atom stereocenters. The van der Waals surface area contributed by atoms with E-state index < -0.39 is 21.5 Å². The summed E-state index contributed by atoms with van der Waals surface area (Å²) in [7, 11) is -3.90. The largest absolute Gasteiger partial charge is 0.507 e. The van der Waals surface area contributed by atoms with Crippen LogP contribution in [0.1, 0.15) is 20.8 Å². The summed E-state index contributed by atoms with van der Waals surface area (Å²) in [5, 5.41) is 12.1. The van der Waals surface area contributed by atoms with Gasteiger partial charge in [0.15, 0.2) is 0 Å². The van der Waals surface area contributed by atoms with Gasteiger partial charge in [0.25, 0.3) is 0 Å². The van der Waals surface area contributed by atoms with E-state index in [4.69, 9.17) is 0 Å². The molecule has 1 aromatic rings. The van der Waals surface area contributed by atoms with Crippen LogP contribution in [0, 0.1) is 0 Å². The van der Waals surface area contributed by atoms with Crippen molar-refractivity contribution in [2.24, 2.45) is 0 Å². The number of carbonyl (C=O) groups is 1. The Morgan fingerprint density at radius 2 is 1.84 bits per heavy atom. The second-order valence-corrected chi connectivity index (χ2v) is 6.83. The van der Waals surface area contributed by atoms with Gasteiger partial charge in [0.2, 0.25) is 15.9 Å². The van der Waals surface area contributed by atoms with Crippen LogP contribution in [0.25, 0.3) is 0 Å². The molecule has 1 amide bonds. The molecule has 0 bridgehead atoms. The van der Waals surface area contributed by atoms with Gasteiger partial charge in [0.1, 0.15) is 10.6 Å². The van der Waals surface area contributed by atoms with E-state index in [-0.39, 0.29) is 17.2 Å². The maximum atomic E-state index is 11.9. The third kappa shape index (κ3) is 4.88. The maximum absolute atomic E-state index is 11.9. The first kappa shape index (κ1) is 15.5. The minimum Gasteiger partial charge on any atom is -0.507 e. The third-order valence-corrected chi connectivity index (χ3v) is 3.54. The summed E-state index contributed by atoms with van der Waals surface area (Å²) in [6.07, 6.45) is 0. The quantitative estimate of drug-likeness (QED) is 0.754. The Morgan fingerprint density at radius 1 is 1.26 bits per heavy atom. The Kier molecular flexibility index (Phi) is 4.54. The van der Waals surface area contributed by atoms with Crippen molar-refractivity contribution in [3.8, 4) is 5.75 Å². The van der Waals surface area contributed by atoms with Gasteiger partial charge in [-0.25, -0.2) is 13.1 Å². The normalized spacial score (nSPS) is 12.2. The van der Waals surface area contributed by atoms with Crippen LogP contribution < -0.4 is 10.0 Å². The molecule has 0 saturated heterocycles. The average molecular weight is 286 g/mol. The molecule has 7 heteroatoms. The molecule has 0 unspecified atom stereocenters. The van der Waals surface area contributed by atoms with Gasteiger partial charge in [-0.05, 0) is 32.9 Å². The lowest BCUT2D eigenvalue weighted by atomic mass is 10.1. The molecule has 0 aliphatic rings. The number of rotatable bonds is 4. The molecule has 0 aliphatic carbocycles. The van der Waals surface area contributed by atoms with E-state index in [9.17, 15) is 18.3 Å². The van der Waals surface area contributed by atoms with Gasteiger partial charge in [-0.3, -0.25) is 4.79 Å². The SMILES string of the molecule is CC(C)(C)NC(=O)CNS(=O)(=O)c1ccccc1O. The molecule has 0 spiro atoms. The number of para-hydroxylation sites is 1. The van der Waals surface area contributed by atoms with E-state index in [0.29, 0.717) is 0 Å². The first-order valence-electron chi connectivity index (χ1n) is 5.70. The number of aromatic hydroxyl groups is 1. The molecule has 3 N–H and O–H groups in total. The van der Waals surface area contributed by atoms with Crippen molar-refractivity contribution in [1.29, 1.82) is 0 Å². The van der Waals surface area contributed by atoms with E-state index in [2.05, 4.69) is 10.0 Å². The minimum atomic E-state index is -3.90. The van der Waals surface area contributed by atoms with Crippen LogP contribution in [-0.2, 0) is 14.8 Å². The molecule has 0 aromatic heterocycles. The lowest BCUT2D eigenvalue weighted by Crippen LogP contribution is -2.45. The minimum absolute atomic E-state index is 0.251. The standard InChI is InChI=1S/C12H18N2O4S/c1-12(2,3)14-11(16)8-13-19(17,18)10-7-5-4-6-9(10)15/h4-7,13,15H,8H2,1-3H3,(H,14,16). The van der Waals surface area contributed by atoms with Crippen LogP contribution in [0.2, 0.25) is 0 Å². The number of hydrogen-bond acceptors (Lipinski definition) is 4. The highest BCUT2D eigenvalue weighted by atomic mass is 32.2. The van der Waals surface area contributed by atoms with Gasteiger partial charge < -0.3 is 10.4 Å². The average Bonchev–Trinajstić information content (AvgIpc) is 2.24. The van der Waals surface area contributed by atoms with Crippen LogP contribution in [0.15, 0.2) is 29.2 Å². The second kappa shape index (κ2) is 5.58. The number of carbonyl (C=O) groups excluding carboxylic acids is 1. The smallest absolute Gasteiger partial charge is 0.244 e. The summed E-state index contributed by atoms with van der Waals surface area (Å²) in [5.41, 5.74) is -0.433. The molecule has 0 saturated carbocycles. The van der Waals surface area contributed by atoms with E-state index in [1.54, 1.807) is 20.8 Å². The van der Waals surface area contributed by atoms with Crippen LogP contribution in [0.3, 0.4) is 0 Å². The predicted octanol–water partition coefficient (Wildman–Crippen LogP) is 0.585. The van der Waals surface area contributed by atoms with Crippen LogP contribution in [0.5, 0.6) is 5.75 Å². The van der Waals surface area contributed by atoms with Gasteiger partial charge in [-0.2, -0.15) is 0 Å². The van der Waals surface area contributed by atoms with Crippen LogP contribution in [-0.4, -0.2) is 31.5 Å². The predicted molar refractivity (Wildman–Crippen MR) is 71.2 cm³/mol. The lowest BCUT2D eigenvalue weighted by Gasteiger charge is -2.20. The summed E-state index contributed by atoms with van der Waals surface area (Å²) in [6.45, 7) is 5.00. The lowest BCUT2D eigenvalue weighted by molar-refractivity contribution is -0.121. The number of phenolic OH excluding ortho intramolecular Hbond substituents is 1. The van der Waals surface area contributed by atoms with Crippen molar-refractivity contribution in [2.45, 2.75) is 31.2 Å². The van der Waals surface area contributed by atoms with Gasteiger partial charge in [0, 0.05) is 5.54 Å². The maximum Gasteiger partial charge on any atom is 0.244 e. The zero-order valence-electron chi connectivity index (χ0n) is 11.1. The van der Waals surface area contributed by atoms with Gasteiger partial charge >= 0.3 is 0 Å². The molecule has 0 aliphatic heterocycles. The highest BCUT2D eigenvalue weighted by Crippen LogP contribution is 2.20. The molecule has 0 heterocycles. The van der Waals surface area contributed by atoms with Crippen molar-refractivity contribution in [3.05, 3.63) is 24.3 Å². The Hall–Kier alpha value is -1.60. The summed E-state index contributed by atoms with van der Waals surface area (Å²) in [6, 6.07) is 5.54. The van der Waals surface area contributed by atoms with Gasteiger partial charge in [0.05, 0.1) is 6.54 Å². The van der Waals surface area contributed by atoms with Crippen molar-refractivity contribution in [3.63, 3.8) is 0 Å². The summed E-state index contributed by atoms with van der Waals surface area (Å²) < 4.78 is 25.9. The molecule has 0 fully saturated rings. The third-order valence-electron chi connectivity index (χ3n) is 2.09. The molecular weight excluding hydrogens is 268 g/mol. The summed E-state index contributed by atoms with van der Waals surface area (Å²) >= 11 is 0. The van der Waals surface area contributed by atoms with Gasteiger partial charge in [-0.1, -0.05) is 12.1 Å². The zero-order valence-corrected chi connectivity index (χ0v) is 11.9. The van der Waals surface area contributed by atoms with Crippen molar-refractivity contribution in [2.75, 3.05) is 6.54 Å². The Balaban J connectivity index is 2.72.